The molecule has 1 unspecified atom stereocenters. The lowest BCUT2D eigenvalue weighted by molar-refractivity contribution is -0.140. The molecule has 1 aliphatic rings. The van der Waals surface area contributed by atoms with Crippen LogP contribution in [0.2, 0.25) is 0 Å². The Labute approximate surface area is 213 Å². The van der Waals surface area contributed by atoms with E-state index in [-0.39, 0.29) is 0 Å². The highest BCUT2D eigenvalue weighted by molar-refractivity contribution is 6.07. The number of carboxylic acids is 1. The SMILES string of the molecule is CC1(C)C(N(O)C(=O)Nc2cccc3ccccc23)N(c2cccc3ccccc23)C(=O)N1CC(=O)O. The predicted molar refractivity (Wildman–Crippen MR) is 141 cm³/mol. The summed E-state index contributed by atoms with van der Waals surface area (Å²) in [6.45, 7) is 2.65. The van der Waals surface area contributed by atoms with Crippen molar-refractivity contribution in [3.8, 4) is 0 Å². The number of urea groups is 2. The number of hydroxylamine groups is 2. The summed E-state index contributed by atoms with van der Waals surface area (Å²) in [6.07, 6.45) is -1.24. The molecule has 3 N–H and O–H groups in total. The molecular formula is C28H26N4O5. The standard InChI is InChI=1S/C28H26N4O5/c1-28(2)25(32(37)26(35)29-22-15-7-11-18-9-3-5-13-20(18)22)31(27(36)30(28)17-24(33)34)23-16-8-12-19-10-4-6-14-21(19)23/h3-16,25,37H,17H2,1-2H3,(H,29,35)(H,33,34). The number of aliphatic carboxylic acids is 1. The summed E-state index contributed by atoms with van der Waals surface area (Å²) in [5.74, 6) is -1.20. The molecule has 4 aromatic carbocycles. The molecule has 0 radical (unpaired) electrons. The fourth-order valence-electron chi connectivity index (χ4n) is 5.02. The van der Waals surface area contributed by atoms with Crippen LogP contribution in [0.1, 0.15) is 13.8 Å². The first kappa shape index (κ1) is 24.1. The quantitative estimate of drug-likeness (QED) is 0.254. The monoisotopic (exact) mass is 498 g/mol. The molecule has 0 aliphatic carbocycles. The molecule has 1 atom stereocenters. The van der Waals surface area contributed by atoms with Crippen LogP contribution < -0.4 is 10.2 Å². The van der Waals surface area contributed by atoms with Crippen molar-refractivity contribution >= 4 is 51.0 Å². The van der Waals surface area contributed by atoms with E-state index in [2.05, 4.69) is 5.32 Å². The average Bonchev–Trinajstić information content (AvgIpc) is 3.08. The number of carbonyl (C=O) groups excluding carboxylic acids is 2. The van der Waals surface area contributed by atoms with Crippen molar-refractivity contribution in [2.75, 3.05) is 16.8 Å². The van der Waals surface area contributed by atoms with Gasteiger partial charge in [0.25, 0.3) is 0 Å². The summed E-state index contributed by atoms with van der Waals surface area (Å²) in [7, 11) is 0. The first-order valence-corrected chi connectivity index (χ1v) is 11.8. The van der Waals surface area contributed by atoms with Crippen LogP contribution in [0.5, 0.6) is 0 Å². The second kappa shape index (κ2) is 9.11. The van der Waals surface area contributed by atoms with Crippen LogP contribution in [0, 0.1) is 0 Å². The Balaban J connectivity index is 1.58. The molecule has 1 aliphatic heterocycles. The van der Waals surface area contributed by atoms with E-state index in [1.54, 1.807) is 38.1 Å². The second-order valence-corrected chi connectivity index (χ2v) is 9.46. The van der Waals surface area contributed by atoms with Gasteiger partial charge in [0.2, 0.25) is 0 Å². The van der Waals surface area contributed by atoms with Gasteiger partial charge in [0.15, 0.2) is 6.17 Å². The Morgan fingerprint density at radius 1 is 0.892 bits per heavy atom. The maximum Gasteiger partial charge on any atom is 0.347 e. The minimum atomic E-state index is -1.27. The molecular weight excluding hydrogens is 472 g/mol. The van der Waals surface area contributed by atoms with E-state index in [9.17, 15) is 24.7 Å². The third-order valence-electron chi connectivity index (χ3n) is 6.80. The van der Waals surface area contributed by atoms with Crippen molar-refractivity contribution in [2.45, 2.75) is 25.6 Å². The highest BCUT2D eigenvalue weighted by Crippen LogP contribution is 2.40. The summed E-state index contributed by atoms with van der Waals surface area (Å²) in [6, 6.07) is 24.2. The van der Waals surface area contributed by atoms with Crippen LogP contribution in [0.15, 0.2) is 84.9 Å². The van der Waals surface area contributed by atoms with Crippen molar-refractivity contribution in [2.24, 2.45) is 0 Å². The fourth-order valence-corrected chi connectivity index (χ4v) is 5.02. The maximum absolute atomic E-state index is 13.7. The van der Waals surface area contributed by atoms with Crippen LogP contribution in [-0.2, 0) is 4.79 Å². The lowest BCUT2D eigenvalue weighted by Crippen LogP contribution is -2.58. The van der Waals surface area contributed by atoms with Gasteiger partial charge in [0.05, 0.1) is 16.9 Å². The van der Waals surface area contributed by atoms with Crippen molar-refractivity contribution in [3.63, 3.8) is 0 Å². The number of fused-ring (bicyclic) bond motifs is 2. The largest absolute Gasteiger partial charge is 0.480 e. The Morgan fingerprint density at radius 3 is 2.14 bits per heavy atom. The molecule has 0 aromatic heterocycles. The molecule has 0 spiro atoms. The first-order valence-electron chi connectivity index (χ1n) is 11.8. The third-order valence-corrected chi connectivity index (χ3v) is 6.80. The van der Waals surface area contributed by atoms with E-state index >= 15 is 0 Å². The summed E-state index contributed by atoms with van der Waals surface area (Å²) >= 11 is 0. The molecule has 9 heteroatoms. The Morgan fingerprint density at radius 2 is 1.46 bits per heavy atom. The lowest BCUT2D eigenvalue weighted by atomic mass is 9.99. The van der Waals surface area contributed by atoms with Crippen LogP contribution in [0.4, 0.5) is 21.0 Å². The molecule has 4 aromatic rings. The van der Waals surface area contributed by atoms with Gasteiger partial charge >= 0.3 is 18.0 Å². The van der Waals surface area contributed by atoms with Gasteiger partial charge < -0.3 is 15.3 Å². The molecule has 0 bridgehead atoms. The maximum atomic E-state index is 13.7. The van der Waals surface area contributed by atoms with Crippen molar-refractivity contribution in [3.05, 3.63) is 84.9 Å². The zero-order valence-corrected chi connectivity index (χ0v) is 20.3. The van der Waals surface area contributed by atoms with Crippen LogP contribution in [-0.4, -0.2) is 56.6 Å². The molecule has 5 rings (SSSR count). The van der Waals surface area contributed by atoms with Gasteiger partial charge in [-0.05, 0) is 36.8 Å². The highest BCUT2D eigenvalue weighted by atomic mass is 16.5. The summed E-state index contributed by atoms with van der Waals surface area (Å²) in [5, 5.41) is 27.3. The summed E-state index contributed by atoms with van der Waals surface area (Å²) < 4.78 is 0. The molecule has 188 valence electrons. The number of hydrogen-bond donors (Lipinski definition) is 3. The number of amides is 4. The van der Waals surface area contributed by atoms with E-state index in [1.165, 1.54) is 4.90 Å². The topological polar surface area (TPSA) is 113 Å². The summed E-state index contributed by atoms with van der Waals surface area (Å²) in [4.78, 5) is 41.2. The molecule has 4 amide bonds. The number of anilines is 2. The van der Waals surface area contributed by atoms with E-state index in [4.69, 9.17) is 0 Å². The average molecular weight is 499 g/mol. The number of rotatable bonds is 5. The van der Waals surface area contributed by atoms with Gasteiger partial charge in [-0.2, -0.15) is 5.06 Å². The number of carboxylic acid groups (broad SMARTS) is 1. The van der Waals surface area contributed by atoms with Crippen molar-refractivity contribution < 1.29 is 24.7 Å². The first-order chi connectivity index (χ1) is 17.7. The predicted octanol–water partition coefficient (Wildman–Crippen LogP) is 5.35. The zero-order chi connectivity index (χ0) is 26.3. The molecule has 1 heterocycles. The van der Waals surface area contributed by atoms with Gasteiger partial charge in [-0.1, -0.05) is 72.8 Å². The summed E-state index contributed by atoms with van der Waals surface area (Å²) in [5.41, 5.74) is -0.327. The lowest BCUT2D eigenvalue weighted by Gasteiger charge is -2.38. The van der Waals surface area contributed by atoms with Crippen molar-refractivity contribution in [1.29, 1.82) is 0 Å². The second-order valence-electron chi connectivity index (χ2n) is 9.46. The van der Waals surface area contributed by atoms with Crippen molar-refractivity contribution in [1.82, 2.24) is 9.96 Å². The van der Waals surface area contributed by atoms with Gasteiger partial charge in [-0.25, -0.2) is 9.59 Å². The molecule has 1 fully saturated rings. The van der Waals surface area contributed by atoms with E-state index in [1.807, 2.05) is 60.7 Å². The van der Waals surface area contributed by atoms with Crippen LogP contribution in [0.3, 0.4) is 0 Å². The number of benzene rings is 4. The number of nitrogens with one attached hydrogen (secondary N) is 1. The normalized spacial score (nSPS) is 16.8. The number of hydrogen-bond acceptors (Lipinski definition) is 4. The van der Waals surface area contributed by atoms with Crippen LogP contribution in [0.25, 0.3) is 21.5 Å². The Kier molecular flexibility index (Phi) is 5.93. The minimum absolute atomic E-state index is 0.450. The number of nitrogens with zero attached hydrogens (tertiary/aromatic N) is 3. The fraction of sp³-hybridized carbons (Fsp3) is 0.179. The third kappa shape index (κ3) is 4.09. The smallest absolute Gasteiger partial charge is 0.347 e. The minimum Gasteiger partial charge on any atom is -0.480 e. The van der Waals surface area contributed by atoms with E-state index in [0.717, 1.165) is 26.4 Å². The van der Waals surface area contributed by atoms with Gasteiger partial charge in [-0.3, -0.25) is 14.9 Å². The highest BCUT2D eigenvalue weighted by Gasteiger charge is 2.56. The number of carbonyl (C=O) groups is 3. The van der Waals surface area contributed by atoms with Crippen LogP contribution >= 0.6 is 0 Å². The van der Waals surface area contributed by atoms with E-state index < -0.39 is 36.3 Å². The molecule has 0 saturated carbocycles. The Hall–Kier alpha value is -4.63. The van der Waals surface area contributed by atoms with E-state index in [0.29, 0.717) is 16.4 Å². The van der Waals surface area contributed by atoms with Gasteiger partial charge in [0, 0.05) is 10.8 Å². The molecule has 9 nitrogen and oxygen atoms in total. The van der Waals surface area contributed by atoms with Gasteiger partial charge in [-0.15, -0.1) is 0 Å². The zero-order valence-electron chi connectivity index (χ0n) is 20.3. The Bertz CT molecular complexity index is 1530. The molecule has 37 heavy (non-hydrogen) atoms. The van der Waals surface area contributed by atoms with Gasteiger partial charge in [0.1, 0.15) is 6.54 Å². The molecule has 1 saturated heterocycles.